The Morgan fingerprint density at radius 2 is 1.76 bits per heavy atom. The lowest BCUT2D eigenvalue weighted by Crippen LogP contribution is -2.45. The second-order valence-electron chi connectivity index (χ2n) is 5.13. The average molecular weight is 239 g/mol. The molecule has 17 heavy (non-hydrogen) atoms. The fraction of sp³-hybridized carbons (Fsp3) is 0.571. The zero-order chi connectivity index (χ0) is 12.5. The van der Waals surface area contributed by atoms with E-state index in [1.807, 2.05) is 6.92 Å². The first-order chi connectivity index (χ1) is 8.06. The summed E-state index contributed by atoms with van der Waals surface area (Å²) in [5, 5.41) is 0. The van der Waals surface area contributed by atoms with E-state index in [0.29, 0.717) is 0 Å². The van der Waals surface area contributed by atoms with Crippen LogP contribution in [0.5, 0.6) is 0 Å². The molecule has 3 heteroatoms. The number of benzene rings is 1. The van der Waals surface area contributed by atoms with Gasteiger partial charge in [-0.05, 0) is 37.5 Å². The molecule has 94 valence electrons. The Kier molecular flexibility index (Phi) is 3.48. The molecule has 1 fully saturated rings. The quantitative estimate of drug-likeness (QED) is 0.839. The minimum Gasteiger partial charge on any atom is -0.327 e. The molecule has 0 saturated heterocycles. The molecule has 0 amide bonds. The van der Waals surface area contributed by atoms with Crippen LogP contribution >= 0.6 is 0 Å². The molecule has 1 aliphatic carbocycles. The van der Waals surface area contributed by atoms with Gasteiger partial charge in [-0.15, -0.1) is 0 Å². The van der Waals surface area contributed by atoms with E-state index in [2.05, 4.69) is 0 Å². The van der Waals surface area contributed by atoms with Crippen molar-refractivity contribution in [2.75, 3.05) is 0 Å². The molecule has 0 spiro atoms. The Morgan fingerprint density at radius 1 is 1.12 bits per heavy atom. The Labute approximate surface area is 101 Å². The minimum atomic E-state index is -0.788. The molecule has 0 bridgehead atoms. The Bertz CT molecular complexity index is 395. The van der Waals surface area contributed by atoms with E-state index in [0.717, 1.165) is 31.2 Å². The standard InChI is InChI=1S/C14H19F2N/c1-10(17)14(7-3-2-4-8-14)11-5-6-12(15)13(16)9-11/h5-6,9-10H,2-4,7-8,17H2,1H3. The van der Waals surface area contributed by atoms with Crippen molar-refractivity contribution in [2.45, 2.75) is 50.5 Å². The molecule has 1 atom stereocenters. The predicted octanol–water partition coefficient (Wildman–Crippen LogP) is 3.51. The van der Waals surface area contributed by atoms with E-state index < -0.39 is 11.6 Å². The molecule has 1 unspecified atom stereocenters. The molecule has 1 nitrogen and oxygen atoms in total. The van der Waals surface area contributed by atoms with Crippen LogP contribution in [0, 0.1) is 11.6 Å². The lowest BCUT2D eigenvalue weighted by Gasteiger charge is -2.41. The maximum atomic E-state index is 13.4. The van der Waals surface area contributed by atoms with E-state index in [4.69, 9.17) is 5.73 Å². The van der Waals surface area contributed by atoms with Gasteiger partial charge in [0.2, 0.25) is 0 Å². The number of nitrogens with two attached hydrogens (primary N) is 1. The molecule has 1 aliphatic rings. The Hall–Kier alpha value is -0.960. The van der Waals surface area contributed by atoms with Crippen LogP contribution in [-0.2, 0) is 5.41 Å². The smallest absolute Gasteiger partial charge is 0.159 e. The van der Waals surface area contributed by atoms with Crippen molar-refractivity contribution in [1.82, 2.24) is 0 Å². The number of rotatable bonds is 2. The molecule has 2 N–H and O–H groups in total. The topological polar surface area (TPSA) is 26.0 Å². The van der Waals surface area contributed by atoms with Gasteiger partial charge in [-0.1, -0.05) is 25.3 Å². The summed E-state index contributed by atoms with van der Waals surface area (Å²) in [5.74, 6) is -1.56. The van der Waals surface area contributed by atoms with E-state index in [1.165, 1.54) is 18.6 Å². The summed E-state index contributed by atoms with van der Waals surface area (Å²) in [6, 6.07) is 4.19. The van der Waals surface area contributed by atoms with Gasteiger partial charge in [0, 0.05) is 11.5 Å². The maximum Gasteiger partial charge on any atom is 0.159 e. The van der Waals surface area contributed by atoms with Gasteiger partial charge in [-0.2, -0.15) is 0 Å². The normalized spacial score (nSPS) is 21.2. The highest BCUT2D eigenvalue weighted by Gasteiger charge is 2.37. The van der Waals surface area contributed by atoms with Crippen molar-refractivity contribution in [3.05, 3.63) is 35.4 Å². The summed E-state index contributed by atoms with van der Waals surface area (Å²) in [7, 11) is 0. The molecule has 0 heterocycles. The van der Waals surface area contributed by atoms with Crippen LogP contribution in [0.2, 0.25) is 0 Å². The Balaban J connectivity index is 2.41. The van der Waals surface area contributed by atoms with Gasteiger partial charge in [-0.25, -0.2) is 8.78 Å². The van der Waals surface area contributed by atoms with Gasteiger partial charge in [0.1, 0.15) is 0 Å². The molecule has 0 radical (unpaired) electrons. The van der Waals surface area contributed by atoms with Crippen molar-refractivity contribution in [3.8, 4) is 0 Å². The van der Waals surface area contributed by atoms with Gasteiger partial charge in [0.05, 0.1) is 0 Å². The maximum absolute atomic E-state index is 13.4. The zero-order valence-electron chi connectivity index (χ0n) is 10.2. The highest BCUT2D eigenvalue weighted by molar-refractivity contribution is 5.29. The summed E-state index contributed by atoms with van der Waals surface area (Å²) >= 11 is 0. The third kappa shape index (κ3) is 2.21. The molecule has 1 aromatic rings. The van der Waals surface area contributed by atoms with Crippen LogP contribution in [0.1, 0.15) is 44.6 Å². The summed E-state index contributed by atoms with van der Waals surface area (Å²) in [6.07, 6.45) is 5.37. The third-order valence-electron chi connectivity index (χ3n) is 4.11. The van der Waals surface area contributed by atoms with Crippen molar-refractivity contribution in [1.29, 1.82) is 0 Å². The molecular weight excluding hydrogens is 220 g/mol. The summed E-state index contributed by atoms with van der Waals surface area (Å²) < 4.78 is 26.3. The van der Waals surface area contributed by atoms with Crippen molar-refractivity contribution in [3.63, 3.8) is 0 Å². The van der Waals surface area contributed by atoms with Crippen LogP contribution < -0.4 is 5.73 Å². The monoisotopic (exact) mass is 239 g/mol. The van der Waals surface area contributed by atoms with Gasteiger partial charge in [0.25, 0.3) is 0 Å². The third-order valence-corrected chi connectivity index (χ3v) is 4.11. The van der Waals surface area contributed by atoms with Gasteiger partial charge >= 0.3 is 0 Å². The molecule has 0 aliphatic heterocycles. The fourth-order valence-electron chi connectivity index (χ4n) is 3.00. The SMILES string of the molecule is CC(N)C1(c2ccc(F)c(F)c2)CCCCC1. The largest absolute Gasteiger partial charge is 0.327 e. The first-order valence-electron chi connectivity index (χ1n) is 6.27. The highest BCUT2D eigenvalue weighted by Crippen LogP contribution is 2.41. The lowest BCUT2D eigenvalue weighted by molar-refractivity contribution is 0.251. The summed E-state index contributed by atoms with van der Waals surface area (Å²) in [5.41, 5.74) is 6.79. The first kappa shape index (κ1) is 12.5. The molecule has 0 aromatic heterocycles. The molecular formula is C14H19F2N. The van der Waals surface area contributed by atoms with Crippen LogP contribution in [-0.4, -0.2) is 6.04 Å². The number of hydrogen-bond acceptors (Lipinski definition) is 1. The Morgan fingerprint density at radius 3 is 2.29 bits per heavy atom. The molecule has 1 saturated carbocycles. The molecule has 2 rings (SSSR count). The average Bonchev–Trinajstić information content (AvgIpc) is 2.33. The van der Waals surface area contributed by atoms with Crippen LogP contribution in [0.15, 0.2) is 18.2 Å². The summed E-state index contributed by atoms with van der Waals surface area (Å²) in [6.45, 7) is 1.96. The van der Waals surface area contributed by atoms with Crippen LogP contribution in [0.25, 0.3) is 0 Å². The predicted molar refractivity (Wildman–Crippen MR) is 64.8 cm³/mol. The first-order valence-corrected chi connectivity index (χ1v) is 6.27. The van der Waals surface area contributed by atoms with E-state index >= 15 is 0 Å². The zero-order valence-corrected chi connectivity index (χ0v) is 10.2. The summed E-state index contributed by atoms with van der Waals surface area (Å²) in [4.78, 5) is 0. The number of halogens is 2. The van der Waals surface area contributed by atoms with Crippen molar-refractivity contribution in [2.24, 2.45) is 5.73 Å². The highest BCUT2D eigenvalue weighted by atomic mass is 19.2. The number of hydrogen-bond donors (Lipinski definition) is 1. The minimum absolute atomic E-state index is 0.0346. The van der Waals surface area contributed by atoms with E-state index in [1.54, 1.807) is 6.07 Å². The van der Waals surface area contributed by atoms with Gasteiger partial charge in [-0.3, -0.25) is 0 Å². The fourth-order valence-corrected chi connectivity index (χ4v) is 3.00. The van der Waals surface area contributed by atoms with E-state index in [9.17, 15) is 8.78 Å². The second-order valence-corrected chi connectivity index (χ2v) is 5.13. The second kappa shape index (κ2) is 4.73. The van der Waals surface area contributed by atoms with Crippen molar-refractivity contribution >= 4 is 0 Å². The van der Waals surface area contributed by atoms with Gasteiger partial charge in [0.15, 0.2) is 11.6 Å². The molecule has 1 aromatic carbocycles. The lowest BCUT2D eigenvalue weighted by atomic mass is 9.65. The van der Waals surface area contributed by atoms with Gasteiger partial charge < -0.3 is 5.73 Å². The van der Waals surface area contributed by atoms with Crippen LogP contribution in [0.3, 0.4) is 0 Å². The van der Waals surface area contributed by atoms with E-state index in [-0.39, 0.29) is 11.5 Å². The van der Waals surface area contributed by atoms with Crippen molar-refractivity contribution < 1.29 is 8.78 Å². The van der Waals surface area contributed by atoms with Crippen LogP contribution in [0.4, 0.5) is 8.78 Å².